The van der Waals surface area contributed by atoms with E-state index in [4.69, 9.17) is 0 Å². The van der Waals surface area contributed by atoms with E-state index in [1.165, 1.54) is 60.6 Å². The third kappa shape index (κ3) is 2.28. The van der Waals surface area contributed by atoms with Crippen LogP contribution in [-0.2, 0) is 17.4 Å². The van der Waals surface area contributed by atoms with Crippen molar-refractivity contribution < 1.29 is 4.57 Å². The van der Waals surface area contributed by atoms with Gasteiger partial charge < -0.3 is 0 Å². The van der Waals surface area contributed by atoms with Crippen molar-refractivity contribution in [1.82, 2.24) is 4.40 Å². The van der Waals surface area contributed by atoms with Crippen molar-refractivity contribution in [3.8, 4) is 0 Å². The SMILES string of the molecule is CCCCCc1c[n+]2c3c4c(cccc4ccn13)C(CC)(CC)C2(C)CC. The fourth-order valence-corrected chi connectivity index (χ4v) is 5.98. The standard InChI is InChI=1S/C25H35N2/c1-6-10-11-14-20-18-27-23-22-19(16-17-26(20)23)13-12-15-21(22)25(8-3,9-4)24(27,5)7-2/h12-13,15-18H,6-11,14H2,1-5H3/q+1. The van der Waals surface area contributed by atoms with Gasteiger partial charge in [-0.2, -0.15) is 4.40 Å². The van der Waals surface area contributed by atoms with Crippen molar-refractivity contribution >= 4 is 16.4 Å². The zero-order chi connectivity index (χ0) is 19.2. The van der Waals surface area contributed by atoms with Gasteiger partial charge in [0.1, 0.15) is 17.4 Å². The number of hydrogen-bond donors (Lipinski definition) is 0. The second-order valence-electron chi connectivity index (χ2n) is 8.64. The number of pyridine rings is 1. The quantitative estimate of drug-likeness (QED) is 0.343. The van der Waals surface area contributed by atoms with Crippen molar-refractivity contribution in [3.05, 3.63) is 47.9 Å². The number of unbranched alkanes of at least 4 members (excludes halogenated alkanes) is 2. The molecule has 0 aliphatic carbocycles. The molecule has 1 aliphatic heterocycles. The first kappa shape index (κ1) is 18.5. The minimum absolute atomic E-state index is 0.105. The molecule has 2 heteroatoms. The van der Waals surface area contributed by atoms with Crippen LogP contribution >= 0.6 is 0 Å². The summed E-state index contributed by atoms with van der Waals surface area (Å²) in [5.41, 5.74) is 4.74. The first-order chi connectivity index (χ1) is 13.1. The molecule has 144 valence electrons. The average molecular weight is 364 g/mol. The monoisotopic (exact) mass is 363 g/mol. The molecule has 0 spiro atoms. The molecule has 1 unspecified atom stereocenters. The van der Waals surface area contributed by atoms with Crippen molar-refractivity contribution in [1.29, 1.82) is 0 Å². The average Bonchev–Trinajstić information content (AvgIpc) is 3.08. The Morgan fingerprint density at radius 2 is 1.74 bits per heavy atom. The van der Waals surface area contributed by atoms with E-state index in [1.54, 1.807) is 5.56 Å². The molecule has 0 N–H and O–H groups in total. The van der Waals surface area contributed by atoms with Gasteiger partial charge in [-0.25, -0.2) is 4.57 Å². The number of nitrogens with zero attached hydrogens (tertiary/aromatic N) is 2. The number of hydrogen-bond acceptors (Lipinski definition) is 0. The van der Waals surface area contributed by atoms with E-state index in [2.05, 4.69) is 80.2 Å². The van der Waals surface area contributed by atoms with Crippen LogP contribution < -0.4 is 4.57 Å². The van der Waals surface area contributed by atoms with E-state index in [0.29, 0.717) is 0 Å². The highest BCUT2D eigenvalue weighted by Gasteiger charge is 2.55. The van der Waals surface area contributed by atoms with Gasteiger partial charge in [-0.15, -0.1) is 0 Å². The van der Waals surface area contributed by atoms with E-state index >= 15 is 0 Å². The molecule has 4 rings (SSSR count). The molecule has 0 saturated carbocycles. The summed E-state index contributed by atoms with van der Waals surface area (Å²) in [7, 11) is 0. The molecule has 1 aromatic carbocycles. The first-order valence-corrected chi connectivity index (χ1v) is 11.1. The highest BCUT2D eigenvalue weighted by molar-refractivity contribution is 5.97. The highest BCUT2D eigenvalue weighted by Crippen LogP contribution is 2.51. The third-order valence-electron chi connectivity index (χ3n) is 7.78. The maximum absolute atomic E-state index is 2.66. The summed E-state index contributed by atoms with van der Waals surface area (Å²) in [6, 6.07) is 9.30. The van der Waals surface area contributed by atoms with E-state index in [9.17, 15) is 0 Å². The van der Waals surface area contributed by atoms with Crippen LogP contribution in [0.2, 0.25) is 0 Å². The van der Waals surface area contributed by atoms with Gasteiger partial charge in [0.05, 0.1) is 11.6 Å². The van der Waals surface area contributed by atoms with Crippen LogP contribution in [0.15, 0.2) is 36.7 Å². The molecule has 2 nitrogen and oxygen atoms in total. The van der Waals surface area contributed by atoms with Gasteiger partial charge in [0.15, 0.2) is 0 Å². The van der Waals surface area contributed by atoms with Crippen LogP contribution in [0.4, 0.5) is 0 Å². The molecular formula is C25H35N2+. The Balaban J connectivity index is 2.10. The molecule has 0 bridgehead atoms. The van der Waals surface area contributed by atoms with Crippen molar-refractivity contribution in [2.24, 2.45) is 0 Å². The van der Waals surface area contributed by atoms with Crippen molar-refractivity contribution in [2.45, 2.75) is 90.5 Å². The molecule has 0 amide bonds. The third-order valence-corrected chi connectivity index (χ3v) is 7.78. The predicted octanol–water partition coefficient (Wildman–Crippen LogP) is 6.31. The molecule has 0 saturated heterocycles. The smallest absolute Gasteiger partial charge is 0.223 e. The van der Waals surface area contributed by atoms with Crippen LogP contribution in [0.1, 0.15) is 84.4 Å². The fraction of sp³-hybridized carbons (Fsp3) is 0.560. The summed E-state index contributed by atoms with van der Waals surface area (Å²) in [6.07, 6.45) is 13.3. The molecule has 0 fully saturated rings. The van der Waals surface area contributed by atoms with Crippen molar-refractivity contribution in [2.75, 3.05) is 0 Å². The Kier molecular flexibility index (Phi) is 4.56. The second kappa shape index (κ2) is 6.65. The summed E-state index contributed by atoms with van der Waals surface area (Å²) in [4.78, 5) is 0. The Morgan fingerprint density at radius 3 is 2.41 bits per heavy atom. The topological polar surface area (TPSA) is 8.29 Å². The molecular weight excluding hydrogens is 328 g/mol. The van der Waals surface area contributed by atoms with Gasteiger partial charge >= 0.3 is 0 Å². The van der Waals surface area contributed by atoms with E-state index in [0.717, 1.165) is 6.42 Å². The normalized spacial score (nSPS) is 20.8. The van der Waals surface area contributed by atoms with Crippen LogP contribution in [-0.4, -0.2) is 4.40 Å². The highest BCUT2D eigenvalue weighted by atomic mass is 15.2. The Morgan fingerprint density at radius 1 is 0.963 bits per heavy atom. The van der Waals surface area contributed by atoms with Gasteiger partial charge in [-0.1, -0.05) is 58.7 Å². The lowest BCUT2D eigenvalue weighted by Crippen LogP contribution is -2.66. The van der Waals surface area contributed by atoms with Crippen molar-refractivity contribution in [3.63, 3.8) is 0 Å². The Bertz CT molecular complexity index is 977. The van der Waals surface area contributed by atoms with Crippen LogP contribution in [0, 0.1) is 0 Å². The number of aromatic nitrogens is 2. The molecule has 3 heterocycles. The van der Waals surface area contributed by atoms with Gasteiger partial charge in [0.2, 0.25) is 0 Å². The van der Waals surface area contributed by atoms with E-state index in [1.807, 2.05) is 0 Å². The summed E-state index contributed by atoms with van der Waals surface area (Å²) >= 11 is 0. The maximum atomic E-state index is 2.66. The number of rotatable bonds is 7. The van der Waals surface area contributed by atoms with E-state index in [-0.39, 0.29) is 11.0 Å². The Labute approximate surface area is 164 Å². The van der Waals surface area contributed by atoms with Crippen LogP contribution in [0.5, 0.6) is 0 Å². The van der Waals surface area contributed by atoms with Crippen LogP contribution in [0.3, 0.4) is 0 Å². The molecule has 27 heavy (non-hydrogen) atoms. The first-order valence-electron chi connectivity index (χ1n) is 11.1. The molecule has 1 atom stereocenters. The van der Waals surface area contributed by atoms with Gasteiger partial charge in [0.25, 0.3) is 5.65 Å². The summed E-state index contributed by atoms with van der Waals surface area (Å²) in [6.45, 7) is 11.9. The molecule has 3 aromatic rings. The zero-order valence-electron chi connectivity index (χ0n) is 17.8. The second-order valence-corrected chi connectivity index (χ2v) is 8.64. The van der Waals surface area contributed by atoms with Gasteiger partial charge in [-0.05, 0) is 49.6 Å². The van der Waals surface area contributed by atoms with Gasteiger partial charge in [0, 0.05) is 11.8 Å². The predicted molar refractivity (Wildman–Crippen MR) is 115 cm³/mol. The van der Waals surface area contributed by atoms with E-state index < -0.39 is 0 Å². The zero-order valence-corrected chi connectivity index (χ0v) is 17.8. The lowest BCUT2D eigenvalue weighted by atomic mass is 9.59. The Hall–Kier alpha value is -1.83. The lowest BCUT2D eigenvalue weighted by molar-refractivity contribution is -0.751. The molecule has 0 radical (unpaired) electrons. The molecule has 1 aliphatic rings. The largest absolute Gasteiger partial charge is 0.295 e. The fourth-order valence-electron chi connectivity index (χ4n) is 5.98. The summed E-state index contributed by atoms with van der Waals surface area (Å²) in [5.74, 6) is 0. The number of imidazole rings is 1. The minimum atomic E-state index is 0.105. The lowest BCUT2D eigenvalue weighted by Gasteiger charge is -2.48. The number of benzene rings is 1. The minimum Gasteiger partial charge on any atom is -0.223 e. The van der Waals surface area contributed by atoms with Crippen LogP contribution in [0.25, 0.3) is 16.4 Å². The number of aryl methyl sites for hydroxylation is 1. The maximum Gasteiger partial charge on any atom is 0.295 e. The molecule has 2 aromatic heterocycles. The summed E-state index contributed by atoms with van der Waals surface area (Å²) < 4.78 is 5.15. The van der Waals surface area contributed by atoms with Gasteiger partial charge in [-0.3, -0.25) is 0 Å². The summed E-state index contributed by atoms with van der Waals surface area (Å²) in [5, 5.41) is 2.87.